The van der Waals surface area contributed by atoms with Crippen LogP contribution in [0.1, 0.15) is 12.5 Å². The Morgan fingerprint density at radius 3 is 2.61 bits per heavy atom. The summed E-state index contributed by atoms with van der Waals surface area (Å²) >= 11 is 1.24. The number of rotatable bonds is 6. The summed E-state index contributed by atoms with van der Waals surface area (Å²) in [6.07, 6.45) is 3.42. The Morgan fingerprint density at radius 1 is 1.14 bits per heavy atom. The number of benzene rings is 1. The van der Waals surface area contributed by atoms with E-state index >= 15 is 0 Å². The summed E-state index contributed by atoms with van der Waals surface area (Å²) in [4.78, 5) is 27.7. The molecule has 3 rings (SSSR count). The lowest BCUT2D eigenvalue weighted by Gasteiger charge is -2.13. The molecular weight excluding hydrogens is 376 g/mol. The molecule has 144 valence electrons. The maximum Gasteiger partial charge on any atom is 0.321 e. The number of carbonyl (C=O) groups excluding carboxylic acids is 2. The zero-order chi connectivity index (χ0) is 19.9. The van der Waals surface area contributed by atoms with Crippen molar-refractivity contribution in [2.75, 3.05) is 7.05 Å². The summed E-state index contributed by atoms with van der Waals surface area (Å²) < 4.78 is 1.95. The quantitative estimate of drug-likeness (QED) is 0.620. The highest BCUT2D eigenvalue weighted by Crippen LogP contribution is 2.27. The molecule has 8 nitrogen and oxygen atoms in total. The number of nitrogens with zero attached hydrogens (tertiary/aromatic N) is 4. The van der Waals surface area contributed by atoms with E-state index in [2.05, 4.69) is 25.8 Å². The Hall–Kier alpha value is -3.20. The maximum atomic E-state index is 12.2. The predicted octanol–water partition coefficient (Wildman–Crippen LogP) is 2.32. The van der Waals surface area contributed by atoms with Crippen molar-refractivity contribution in [2.24, 2.45) is 0 Å². The lowest BCUT2D eigenvalue weighted by Crippen LogP contribution is -2.41. The molecule has 0 saturated heterocycles. The zero-order valence-electron chi connectivity index (χ0n) is 15.5. The van der Waals surface area contributed by atoms with Gasteiger partial charge in [-0.05, 0) is 24.6 Å². The Labute approximate surface area is 166 Å². The zero-order valence-corrected chi connectivity index (χ0v) is 16.3. The highest BCUT2D eigenvalue weighted by atomic mass is 32.2. The molecule has 0 aliphatic heterocycles. The molecule has 0 aliphatic rings. The third-order valence-corrected chi connectivity index (χ3v) is 5.02. The van der Waals surface area contributed by atoms with Gasteiger partial charge in [-0.25, -0.2) is 4.79 Å². The van der Waals surface area contributed by atoms with Crippen LogP contribution in [0.3, 0.4) is 0 Å². The van der Waals surface area contributed by atoms with Crippen molar-refractivity contribution >= 4 is 23.7 Å². The van der Waals surface area contributed by atoms with Gasteiger partial charge in [0.05, 0.1) is 11.8 Å². The summed E-state index contributed by atoms with van der Waals surface area (Å²) in [7, 11) is 1.46. The highest BCUT2D eigenvalue weighted by Gasteiger charge is 2.22. The number of aromatic nitrogens is 4. The molecule has 2 N–H and O–H groups in total. The molecule has 2 heterocycles. The Bertz CT molecular complexity index is 946. The topological polar surface area (TPSA) is 102 Å². The number of hydrogen-bond acceptors (Lipinski definition) is 6. The summed E-state index contributed by atoms with van der Waals surface area (Å²) in [6.45, 7) is 2.26. The second kappa shape index (κ2) is 9.14. The SMILES string of the molecule is CNC(=O)NC(=O)[C@H](C)Sc1nnc(-c2cccnc2)n1Cc1ccccc1. The van der Waals surface area contributed by atoms with Crippen LogP contribution in [0.25, 0.3) is 11.4 Å². The van der Waals surface area contributed by atoms with E-state index in [1.54, 1.807) is 19.3 Å². The van der Waals surface area contributed by atoms with Crippen molar-refractivity contribution in [1.82, 2.24) is 30.4 Å². The van der Waals surface area contributed by atoms with Gasteiger partial charge in [0.2, 0.25) is 5.91 Å². The van der Waals surface area contributed by atoms with Crippen molar-refractivity contribution in [3.63, 3.8) is 0 Å². The normalized spacial score (nSPS) is 11.6. The fourth-order valence-corrected chi connectivity index (χ4v) is 3.33. The first-order chi connectivity index (χ1) is 13.6. The fourth-order valence-electron chi connectivity index (χ4n) is 2.48. The van der Waals surface area contributed by atoms with E-state index in [0.29, 0.717) is 17.5 Å². The van der Waals surface area contributed by atoms with Crippen molar-refractivity contribution in [1.29, 1.82) is 0 Å². The second-order valence-corrected chi connectivity index (χ2v) is 7.26. The van der Waals surface area contributed by atoms with Gasteiger partial charge in [0, 0.05) is 25.0 Å². The van der Waals surface area contributed by atoms with E-state index < -0.39 is 17.2 Å². The van der Waals surface area contributed by atoms with Crippen LogP contribution in [0.15, 0.2) is 60.0 Å². The third-order valence-electron chi connectivity index (χ3n) is 3.94. The van der Waals surface area contributed by atoms with Crippen molar-refractivity contribution in [2.45, 2.75) is 23.9 Å². The minimum atomic E-state index is -0.542. The monoisotopic (exact) mass is 396 g/mol. The molecule has 0 saturated carbocycles. The molecule has 0 bridgehead atoms. The van der Waals surface area contributed by atoms with E-state index in [1.165, 1.54) is 18.8 Å². The fraction of sp³-hybridized carbons (Fsp3) is 0.211. The molecule has 3 amide bonds. The standard InChI is InChI=1S/C19H20N6O2S/c1-13(17(26)22-18(27)20-2)28-19-24-23-16(15-9-6-10-21-11-15)25(19)12-14-7-4-3-5-8-14/h3-11,13H,12H2,1-2H3,(H2,20,22,26,27)/t13-/m0/s1. The van der Waals surface area contributed by atoms with Gasteiger partial charge in [-0.2, -0.15) is 0 Å². The van der Waals surface area contributed by atoms with Crippen LogP contribution in [0.4, 0.5) is 4.79 Å². The minimum Gasteiger partial charge on any atom is -0.341 e. The third kappa shape index (κ3) is 4.74. The van der Waals surface area contributed by atoms with Crippen LogP contribution in [0, 0.1) is 0 Å². The van der Waals surface area contributed by atoms with Gasteiger partial charge >= 0.3 is 6.03 Å². The number of pyridine rings is 1. The molecule has 0 fully saturated rings. The van der Waals surface area contributed by atoms with Gasteiger partial charge in [0.1, 0.15) is 0 Å². The molecule has 0 radical (unpaired) electrons. The molecule has 1 aromatic carbocycles. The molecule has 9 heteroatoms. The van der Waals surface area contributed by atoms with E-state index in [1.807, 2.05) is 47.0 Å². The Balaban J connectivity index is 1.89. The van der Waals surface area contributed by atoms with Gasteiger partial charge in [-0.3, -0.25) is 19.7 Å². The summed E-state index contributed by atoms with van der Waals surface area (Å²) in [5.74, 6) is 0.264. The highest BCUT2D eigenvalue weighted by molar-refractivity contribution is 8.00. The van der Waals surface area contributed by atoms with Crippen LogP contribution in [-0.4, -0.2) is 44.0 Å². The van der Waals surface area contributed by atoms with Gasteiger partial charge in [0.25, 0.3) is 0 Å². The predicted molar refractivity (Wildman–Crippen MR) is 107 cm³/mol. The maximum absolute atomic E-state index is 12.2. The van der Waals surface area contributed by atoms with Crippen LogP contribution >= 0.6 is 11.8 Å². The summed E-state index contributed by atoms with van der Waals surface area (Å²) in [6, 6.07) is 13.1. The number of carbonyl (C=O) groups is 2. The lowest BCUT2D eigenvalue weighted by atomic mass is 10.2. The molecule has 1 atom stereocenters. The molecule has 0 spiro atoms. The van der Waals surface area contributed by atoms with Gasteiger partial charge in [0.15, 0.2) is 11.0 Å². The van der Waals surface area contributed by atoms with Crippen molar-refractivity contribution < 1.29 is 9.59 Å². The van der Waals surface area contributed by atoms with Gasteiger partial charge in [-0.15, -0.1) is 10.2 Å². The molecular formula is C19H20N6O2S. The first kappa shape index (κ1) is 19.6. The molecule has 3 aromatic rings. The average molecular weight is 396 g/mol. The Morgan fingerprint density at radius 2 is 1.93 bits per heavy atom. The minimum absolute atomic E-state index is 0.401. The smallest absolute Gasteiger partial charge is 0.321 e. The number of urea groups is 1. The average Bonchev–Trinajstić information content (AvgIpc) is 3.11. The van der Waals surface area contributed by atoms with Gasteiger partial charge in [-0.1, -0.05) is 42.1 Å². The largest absolute Gasteiger partial charge is 0.341 e. The van der Waals surface area contributed by atoms with E-state index in [4.69, 9.17) is 0 Å². The summed E-state index contributed by atoms with van der Waals surface area (Å²) in [5, 5.41) is 13.3. The van der Waals surface area contributed by atoms with E-state index in [0.717, 1.165) is 11.1 Å². The molecule has 2 aromatic heterocycles. The Kier molecular flexibility index (Phi) is 6.38. The van der Waals surface area contributed by atoms with Crippen LogP contribution < -0.4 is 10.6 Å². The number of hydrogen-bond donors (Lipinski definition) is 2. The van der Waals surface area contributed by atoms with Crippen LogP contribution in [-0.2, 0) is 11.3 Å². The first-order valence-corrected chi connectivity index (χ1v) is 9.53. The van der Waals surface area contributed by atoms with E-state index in [-0.39, 0.29) is 0 Å². The van der Waals surface area contributed by atoms with Crippen LogP contribution in [0.2, 0.25) is 0 Å². The number of nitrogens with one attached hydrogen (secondary N) is 2. The number of imide groups is 1. The number of thioether (sulfide) groups is 1. The number of amides is 3. The van der Waals surface area contributed by atoms with Crippen molar-refractivity contribution in [3.8, 4) is 11.4 Å². The van der Waals surface area contributed by atoms with Gasteiger partial charge < -0.3 is 5.32 Å². The van der Waals surface area contributed by atoms with Crippen LogP contribution in [0.5, 0.6) is 0 Å². The molecule has 28 heavy (non-hydrogen) atoms. The lowest BCUT2D eigenvalue weighted by molar-refractivity contribution is -0.119. The molecule has 0 aliphatic carbocycles. The first-order valence-electron chi connectivity index (χ1n) is 8.65. The molecule has 0 unspecified atom stereocenters. The van der Waals surface area contributed by atoms with E-state index in [9.17, 15) is 9.59 Å². The summed E-state index contributed by atoms with van der Waals surface area (Å²) in [5.41, 5.74) is 1.91. The second-order valence-electron chi connectivity index (χ2n) is 5.95. The van der Waals surface area contributed by atoms with Crippen molar-refractivity contribution in [3.05, 3.63) is 60.4 Å².